The summed E-state index contributed by atoms with van der Waals surface area (Å²) >= 11 is 3.18. The summed E-state index contributed by atoms with van der Waals surface area (Å²) in [4.78, 5) is 0. The van der Waals surface area contributed by atoms with Crippen molar-refractivity contribution < 1.29 is 13.9 Å². The second-order valence-electron chi connectivity index (χ2n) is 2.94. The Morgan fingerprint density at radius 3 is 2.64 bits per heavy atom. The number of hydrogen-bond donors (Lipinski definition) is 2. The highest BCUT2D eigenvalue weighted by Gasteiger charge is 2.16. The van der Waals surface area contributed by atoms with Gasteiger partial charge in [-0.1, -0.05) is 15.9 Å². The van der Waals surface area contributed by atoms with Crippen LogP contribution >= 0.6 is 15.9 Å². The number of nitrogens with two attached hydrogens (primary N) is 1. The van der Waals surface area contributed by atoms with E-state index in [9.17, 15) is 13.9 Å². The lowest BCUT2D eigenvalue weighted by Gasteiger charge is -2.13. The van der Waals surface area contributed by atoms with Gasteiger partial charge >= 0.3 is 0 Å². The van der Waals surface area contributed by atoms with E-state index >= 15 is 0 Å². The van der Waals surface area contributed by atoms with E-state index in [2.05, 4.69) is 15.9 Å². The molecule has 0 bridgehead atoms. The fraction of sp³-hybridized carbons (Fsp3) is 0.333. The number of halogens is 3. The lowest BCUT2D eigenvalue weighted by atomic mass is 10.0. The van der Waals surface area contributed by atoms with E-state index in [0.717, 1.165) is 0 Å². The van der Waals surface area contributed by atoms with Crippen LogP contribution in [-0.2, 0) is 0 Å². The zero-order valence-electron chi connectivity index (χ0n) is 7.25. The predicted octanol–water partition coefficient (Wildman–Crippen LogP) is 2.81. The van der Waals surface area contributed by atoms with E-state index < -0.39 is 18.9 Å². The second-order valence-corrected chi connectivity index (χ2v) is 3.85. The van der Waals surface area contributed by atoms with E-state index in [1.807, 2.05) is 0 Å². The molecule has 0 spiro atoms. The smallest absolute Gasteiger partial charge is 0.240 e. The molecule has 0 aliphatic carbocycles. The van der Waals surface area contributed by atoms with Crippen LogP contribution in [0.4, 0.5) is 8.78 Å². The minimum atomic E-state index is -2.47. The maximum atomic E-state index is 12.0. The Balaban J connectivity index is 2.88. The SMILES string of the molecule is N[C@H](CC(F)F)c1cc(Br)ccc1O. The zero-order valence-corrected chi connectivity index (χ0v) is 8.84. The van der Waals surface area contributed by atoms with Crippen molar-refractivity contribution in [1.82, 2.24) is 0 Å². The molecule has 0 amide bonds. The minimum Gasteiger partial charge on any atom is -0.508 e. The predicted molar refractivity (Wildman–Crippen MR) is 53.4 cm³/mol. The Hall–Kier alpha value is -0.680. The van der Waals surface area contributed by atoms with Crippen molar-refractivity contribution in [2.24, 2.45) is 5.73 Å². The lowest BCUT2D eigenvalue weighted by molar-refractivity contribution is 0.128. The molecule has 0 aliphatic rings. The fourth-order valence-electron chi connectivity index (χ4n) is 1.14. The molecular weight excluding hydrogens is 256 g/mol. The van der Waals surface area contributed by atoms with E-state index in [-0.39, 0.29) is 5.75 Å². The first-order valence-electron chi connectivity index (χ1n) is 4.03. The largest absolute Gasteiger partial charge is 0.508 e. The van der Waals surface area contributed by atoms with Crippen molar-refractivity contribution in [1.29, 1.82) is 0 Å². The average Bonchev–Trinajstić information content (AvgIpc) is 2.08. The molecule has 0 saturated carbocycles. The van der Waals surface area contributed by atoms with Gasteiger partial charge in [0.25, 0.3) is 0 Å². The average molecular weight is 266 g/mol. The molecular formula is C9H10BrF2NO. The topological polar surface area (TPSA) is 46.2 Å². The van der Waals surface area contributed by atoms with Crippen LogP contribution in [0.5, 0.6) is 5.75 Å². The molecule has 0 fully saturated rings. The standard InChI is InChI=1S/C9H10BrF2NO/c10-5-1-2-8(14)6(3-5)7(13)4-9(11)12/h1-3,7,9,14H,4,13H2/t7-/m1/s1. The number of benzene rings is 1. The van der Waals surface area contributed by atoms with Crippen LogP contribution in [-0.4, -0.2) is 11.5 Å². The summed E-state index contributed by atoms with van der Waals surface area (Å²) < 4.78 is 24.8. The molecule has 2 nitrogen and oxygen atoms in total. The first kappa shape index (κ1) is 11.4. The third-order valence-electron chi connectivity index (χ3n) is 1.82. The molecule has 0 heterocycles. The molecule has 3 N–H and O–H groups in total. The molecule has 1 atom stereocenters. The molecule has 0 aliphatic heterocycles. The van der Waals surface area contributed by atoms with Crippen molar-refractivity contribution in [3.63, 3.8) is 0 Å². The van der Waals surface area contributed by atoms with E-state index in [0.29, 0.717) is 10.0 Å². The molecule has 0 radical (unpaired) electrons. The van der Waals surface area contributed by atoms with Crippen LogP contribution in [0.3, 0.4) is 0 Å². The van der Waals surface area contributed by atoms with Gasteiger partial charge in [0, 0.05) is 22.5 Å². The Labute approximate surface area is 88.9 Å². The van der Waals surface area contributed by atoms with Crippen LogP contribution in [0.25, 0.3) is 0 Å². The van der Waals surface area contributed by atoms with E-state index in [1.165, 1.54) is 6.07 Å². The number of aromatic hydroxyl groups is 1. The molecule has 1 aromatic rings. The molecule has 0 unspecified atom stereocenters. The molecule has 1 rings (SSSR count). The minimum absolute atomic E-state index is 0.0543. The first-order valence-corrected chi connectivity index (χ1v) is 4.82. The first-order chi connectivity index (χ1) is 6.50. The Morgan fingerprint density at radius 1 is 1.43 bits per heavy atom. The normalized spacial score (nSPS) is 13.2. The summed E-state index contributed by atoms with van der Waals surface area (Å²) in [5, 5.41) is 9.37. The van der Waals surface area contributed by atoms with E-state index in [4.69, 9.17) is 5.73 Å². The van der Waals surface area contributed by atoms with Gasteiger partial charge in [-0.25, -0.2) is 8.78 Å². The monoisotopic (exact) mass is 265 g/mol. The van der Waals surface area contributed by atoms with Gasteiger partial charge in [0.05, 0.1) is 0 Å². The van der Waals surface area contributed by atoms with Gasteiger partial charge in [0.15, 0.2) is 0 Å². The van der Waals surface area contributed by atoms with Gasteiger partial charge in [-0.05, 0) is 18.2 Å². The summed E-state index contributed by atoms with van der Waals surface area (Å²) in [6.45, 7) is 0. The Kier molecular flexibility index (Phi) is 3.83. The van der Waals surface area contributed by atoms with Crippen LogP contribution in [0.2, 0.25) is 0 Å². The van der Waals surface area contributed by atoms with Gasteiger partial charge in [0.2, 0.25) is 6.43 Å². The number of alkyl halides is 2. The highest BCUT2D eigenvalue weighted by atomic mass is 79.9. The maximum absolute atomic E-state index is 12.0. The quantitative estimate of drug-likeness (QED) is 0.883. The summed E-state index contributed by atoms with van der Waals surface area (Å²) in [7, 11) is 0. The molecule has 14 heavy (non-hydrogen) atoms. The molecule has 0 saturated heterocycles. The molecule has 0 aromatic heterocycles. The zero-order chi connectivity index (χ0) is 10.7. The molecule has 1 aromatic carbocycles. The van der Waals surface area contributed by atoms with Crippen LogP contribution in [0.1, 0.15) is 18.0 Å². The number of phenols is 1. The van der Waals surface area contributed by atoms with Crippen molar-refractivity contribution in [3.8, 4) is 5.75 Å². The summed E-state index contributed by atoms with van der Waals surface area (Å²) in [5.41, 5.74) is 5.84. The summed E-state index contributed by atoms with van der Waals surface area (Å²) in [6, 6.07) is 3.74. The lowest BCUT2D eigenvalue weighted by Crippen LogP contribution is -2.14. The van der Waals surface area contributed by atoms with Crippen molar-refractivity contribution in [2.75, 3.05) is 0 Å². The summed E-state index contributed by atoms with van der Waals surface area (Å²) in [6.07, 6.45) is -2.92. The van der Waals surface area contributed by atoms with Crippen LogP contribution < -0.4 is 5.73 Å². The highest BCUT2D eigenvalue weighted by molar-refractivity contribution is 9.10. The number of rotatable bonds is 3. The van der Waals surface area contributed by atoms with Crippen molar-refractivity contribution in [2.45, 2.75) is 18.9 Å². The number of phenolic OH excluding ortho intramolecular Hbond substituents is 1. The Morgan fingerprint density at radius 2 is 2.07 bits per heavy atom. The van der Waals surface area contributed by atoms with Gasteiger partial charge in [0.1, 0.15) is 5.75 Å². The van der Waals surface area contributed by atoms with E-state index in [1.54, 1.807) is 12.1 Å². The highest BCUT2D eigenvalue weighted by Crippen LogP contribution is 2.29. The maximum Gasteiger partial charge on any atom is 0.240 e. The third kappa shape index (κ3) is 2.92. The van der Waals surface area contributed by atoms with Gasteiger partial charge < -0.3 is 10.8 Å². The Bertz CT molecular complexity index is 320. The van der Waals surface area contributed by atoms with Gasteiger partial charge in [-0.3, -0.25) is 0 Å². The fourth-order valence-corrected chi connectivity index (χ4v) is 1.52. The van der Waals surface area contributed by atoms with Crippen molar-refractivity contribution in [3.05, 3.63) is 28.2 Å². The van der Waals surface area contributed by atoms with Gasteiger partial charge in [-0.15, -0.1) is 0 Å². The van der Waals surface area contributed by atoms with Crippen LogP contribution in [0, 0.1) is 0 Å². The van der Waals surface area contributed by atoms with Crippen LogP contribution in [0.15, 0.2) is 22.7 Å². The molecule has 5 heteroatoms. The number of hydrogen-bond acceptors (Lipinski definition) is 2. The summed E-state index contributed by atoms with van der Waals surface area (Å²) in [5.74, 6) is -0.0543. The van der Waals surface area contributed by atoms with Gasteiger partial charge in [-0.2, -0.15) is 0 Å². The molecule has 78 valence electrons. The third-order valence-corrected chi connectivity index (χ3v) is 2.31. The van der Waals surface area contributed by atoms with Crippen molar-refractivity contribution >= 4 is 15.9 Å². The second kappa shape index (κ2) is 4.70.